The zero-order chi connectivity index (χ0) is 66.8. The summed E-state index contributed by atoms with van der Waals surface area (Å²) in [5.74, 6) is -0.267. The molecule has 0 aromatic rings. The van der Waals surface area contributed by atoms with Crippen molar-refractivity contribution in [3.05, 3.63) is 12.2 Å². The lowest BCUT2D eigenvalue weighted by atomic mass is 9.96. The average Bonchev–Trinajstić information content (AvgIpc) is 0.856. The number of aliphatic hydroxyl groups excluding tert-OH is 11. The van der Waals surface area contributed by atoms with Crippen LogP contribution in [0.1, 0.15) is 316 Å². The van der Waals surface area contributed by atoms with E-state index in [1.165, 1.54) is 244 Å². The van der Waals surface area contributed by atoms with Crippen LogP contribution >= 0.6 is 0 Å². The summed E-state index contributed by atoms with van der Waals surface area (Å²) in [5.41, 5.74) is 0. The third-order valence-corrected chi connectivity index (χ3v) is 19.3. The van der Waals surface area contributed by atoms with Crippen LogP contribution in [0.5, 0.6) is 0 Å². The highest BCUT2D eigenvalue weighted by Gasteiger charge is 2.53. The molecular weight excluding hydrogens is 1180 g/mol. The summed E-state index contributed by atoms with van der Waals surface area (Å²) < 4.78 is 34.4. The molecule has 1 amide bonds. The number of hydrogen-bond acceptors (Lipinski definition) is 18. The number of carbonyl (C=O) groups is 1. The maximum absolute atomic E-state index is 13.4. The number of unbranched alkanes of at least 4 members (excludes halogenated alkanes) is 44. The molecule has 0 saturated carbocycles. The molecule has 19 heteroatoms. The first-order chi connectivity index (χ1) is 44.8. The number of rotatable bonds is 60. The van der Waals surface area contributed by atoms with Crippen molar-refractivity contribution in [2.75, 3.05) is 26.4 Å². The van der Waals surface area contributed by atoms with Crippen molar-refractivity contribution in [2.45, 2.75) is 420 Å². The smallest absolute Gasteiger partial charge is 0.220 e. The van der Waals surface area contributed by atoms with E-state index in [0.29, 0.717) is 6.42 Å². The molecule has 0 aliphatic carbocycles. The average molecular weight is 1320 g/mol. The molecule has 0 bridgehead atoms. The van der Waals surface area contributed by atoms with Gasteiger partial charge in [-0.3, -0.25) is 4.79 Å². The number of nitrogens with one attached hydrogen (secondary N) is 1. The maximum Gasteiger partial charge on any atom is 0.220 e. The Hall–Kier alpha value is -1.47. The zero-order valence-corrected chi connectivity index (χ0v) is 57.8. The van der Waals surface area contributed by atoms with E-state index in [1.54, 1.807) is 6.08 Å². The van der Waals surface area contributed by atoms with Crippen LogP contribution in [0.3, 0.4) is 0 Å². The van der Waals surface area contributed by atoms with E-state index in [1.807, 2.05) is 6.08 Å². The quantitative estimate of drug-likeness (QED) is 0.0199. The van der Waals surface area contributed by atoms with Crippen molar-refractivity contribution < 1.29 is 89.4 Å². The normalized spacial score (nSPS) is 27.7. The maximum atomic E-state index is 13.4. The Morgan fingerprint density at radius 2 is 0.674 bits per heavy atom. The molecule has 3 fully saturated rings. The second-order valence-electron chi connectivity index (χ2n) is 27.5. The van der Waals surface area contributed by atoms with Crippen LogP contribution in [0.4, 0.5) is 0 Å². The first-order valence-electron chi connectivity index (χ1n) is 37.9. The summed E-state index contributed by atoms with van der Waals surface area (Å²) in [6, 6.07) is -0.969. The van der Waals surface area contributed by atoms with Gasteiger partial charge in [0.2, 0.25) is 5.91 Å². The number of aliphatic hydroxyl groups is 11. The predicted octanol–water partition coefficient (Wildman–Crippen LogP) is 11.2. The molecule has 0 radical (unpaired) electrons. The van der Waals surface area contributed by atoms with Crippen LogP contribution in [-0.2, 0) is 33.2 Å². The first kappa shape index (κ1) is 84.8. The highest BCUT2D eigenvalue weighted by atomic mass is 16.8. The number of amides is 1. The van der Waals surface area contributed by atoms with Gasteiger partial charge in [-0.05, 0) is 19.3 Å². The van der Waals surface area contributed by atoms with Gasteiger partial charge in [-0.2, -0.15) is 0 Å². The van der Waals surface area contributed by atoms with Crippen molar-refractivity contribution >= 4 is 5.91 Å². The number of hydrogen-bond donors (Lipinski definition) is 12. The standard InChI is InChI=1S/C73H139NO18/c1-3-5-7-9-11-13-15-17-19-21-23-25-27-29-30-32-34-36-38-40-42-44-46-48-50-57(78)56(74-61(79)51-49-47-45-43-41-39-37-35-33-31-28-26-24-22-20-18-16-14-12-10-8-6-4-2)55-87-71-67(85)64(82)69(59(53-76)89-71)92-73-68(86)65(83)70(60(54-77)90-73)91-72-66(84)63(81)62(80)58(52-75)88-72/h48,50,56-60,62-73,75-78,80-86H,3-47,49,51-55H2,1-2H3,(H,74,79)/b50-48+. The fourth-order valence-corrected chi connectivity index (χ4v) is 13.2. The van der Waals surface area contributed by atoms with Crippen LogP contribution in [0, 0.1) is 0 Å². The van der Waals surface area contributed by atoms with Gasteiger partial charge in [-0.25, -0.2) is 0 Å². The van der Waals surface area contributed by atoms with E-state index in [-0.39, 0.29) is 18.9 Å². The Morgan fingerprint density at radius 3 is 1.02 bits per heavy atom. The molecule has 3 aliphatic rings. The van der Waals surface area contributed by atoms with Crippen molar-refractivity contribution in [1.82, 2.24) is 5.32 Å². The van der Waals surface area contributed by atoms with E-state index in [4.69, 9.17) is 28.4 Å². The van der Waals surface area contributed by atoms with E-state index in [0.717, 1.165) is 44.9 Å². The SMILES string of the molecule is CCCCCCCCCCCCCCCCCCCCCCCC/C=C/C(O)C(COC1OC(CO)C(OC2OC(CO)C(OC3OC(CO)C(O)C(O)C3O)C(O)C2O)C(O)C1O)NC(=O)CCCCCCCCCCCCCCCCCCCCCCCCC. The van der Waals surface area contributed by atoms with Gasteiger partial charge < -0.3 is 89.9 Å². The minimum absolute atomic E-state index is 0.250. The third kappa shape index (κ3) is 36.4. The second-order valence-corrected chi connectivity index (χ2v) is 27.5. The molecule has 17 atom stereocenters. The largest absolute Gasteiger partial charge is 0.394 e. The van der Waals surface area contributed by atoms with Crippen LogP contribution < -0.4 is 5.32 Å². The summed E-state index contributed by atoms with van der Waals surface area (Å²) in [5, 5.41) is 121. The van der Waals surface area contributed by atoms with Crippen molar-refractivity contribution in [2.24, 2.45) is 0 Å². The monoisotopic (exact) mass is 1320 g/mol. The van der Waals surface area contributed by atoms with Gasteiger partial charge in [0.25, 0.3) is 0 Å². The van der Waals surface area contributed by atoms with Crippen LogP contribution in [-0.4, -0.2) is 193 Å². The third-order valence-electron chi connectivity index (χ3n) is 19.3. The van der Waals surface area contributed by atoms with Crippen LogP contribution in [0.25, 0.3) is 0 Å². The van der Waals surface area contributed by atoms with Crippen molar-refractivity contribution in [3.63, 3.8) is 0 Å². The van der Waals surface area contributed by atoms with E-state index < -0.39 is 124 Å². The fraction of sp³-hybridized carbons (Fsp3) is 0.959. The molecular formula is C73H139NO18. The number of carbonyl (C=O) groups excluding carboxylic acids is 1. The molecule has 3 saturated heterocycles. The van der Waals surface area contributed by atoms with Gasteiger partial charge >= 0.3 is 0 Å². The molecule has 0 aromatic heterocycles. The minimum Gasteiger partial charge on any atom is -0.394 e. The van der Waals surface area contributed by atoms with Crippen molar-refractivity contribution in [3.8, 4) is 0 Å². The Kier molecular flexibility index (Phi) is 51.0. The van der Waals surface area contributed by atoms with Gasteiger partial charge in [0.1, 0.15) is 73.2 Å². The lowest BCUT2D eigenvalue weighted by Gasteiger charge is -2.48. The van der Waals surface area contributed by atoms with Gasteiger partial charge in [-0.15, -0.1) is 0 Å². The fourth-order valence-electron chi connectivity index (χ4n) is 13.2. The van der Waals surface area contributed by atoms with E-state index >= 15 is 0 Å². The zero-order valence-electron chi connectivity index (χ0n) is 57.8. The summed E-state index contributed by atoms with van der Waals surface area (Å²) in [4.78, 5) is 13.4. The summed E-state index contributed by atoms with van der Waals surface area (Å²) in [6.07, 6.45) is 36.2. The van der Waals surface area contributed by atoms with Gasteiger partial charge in [0.05, 0.1) is 38.6 Å². The van der Waals surface area contributed by atoms with Gasteiger partial charge in [0, 0.05) is 6.42 Å². The van der Waals surface area contributed by atoms with Crippen LogP contribution in [0.15, 0.2) is 12.2 Å². The van der Waals surface area contributed by atoms with Crippen molar-refractivity contribution in [1.29, 1.82) is 0 Å². The first-order valence-corrected chi connectivity index (χ1v) is 37.9. The summed E-state index contributed by atoms with van der Waals surface area (Å²) >= 11 is 0. The molecule has 17 unspecified atom stereocenters. The topological polar surface area (TPSA) is 307 Å². The van der Waals surface area contributed by atoms with Crippen LogP contribution in [0.2, 0.25) is 0 Å². The molecule has 3 aliphatic heterocycles. The Labute approximate surface area is 556 Å². The molecule has 0 spiro atoms. The molecule has 0 aromatic carbocycles. The second kappa shape index (κ2) is 55.4. The molecule has 92 heavy (non-hydrogen) atoms. The Morgan fingerprint density at radius 1 is 0.380 bits per heavy atom. The Bertz CT molecular complexity index is 1720. The molecule has 12 N–H and O–H groups in total. The van der Waals surface area contributed by atoms with Gasteiger partial charge in [0.15, 0.2) is 18.9 Å². The summed E-state index contributed by atoms with van der Waals surface area (Å²) in [7, 11) is 0. The Balaban J connectivity index is 1.41. The lowest BCUT2D eigenvalue weighted by molar-refractivity contribution is -0.379. The highest BCUT2D eigenvalue weighted by Crippen LogP contribution is 2.33. The molecule has 3 rings (SSSR count). The molecule has 19 nitrogen and oxygen atoms in total. The van der Waals surface area contributed by atoms with E-state index in [2.05, 4.69) is 19.2 Å². The number of allylic oxidation sites excluding steroid dienone is 1. The van der Waals surface area contributed by atoms with E-state index in [9.17, 15) is 61.0 Å². The predicted molar refractivity (Wildman–Crippen MR) is 360 cm³/mol. The number of ether oxygens (including phenoxy) is 6. The highest BCUT2D eigenvalue weighted by molar-refractivity contribution is 5.76. The minimum atomic E-state index is -1.98. The molecule has 544 valence electrons. The molecule has 3 heterocycles. The summed E-state index contributed by atoms with van der Waals surface area (Å²) in [6.45, 7) is 1.79. The lowest BCUT2D eigenvalue weighted by Crippen LogP contribution is -2.66. The van der Waals surface area contributed by atoms with Gasteiger partial charge in [-0.1, -0.05) is 302 Å².